The molecule has 0 bridgehead atoms. The van der Waals surface area contributed by atoms with Crippen LogP contribution in [0.15, 0.2) is 24.3 Å². The van der Waals surface area contributed by atoms with Gasteiger partial charge in [0.25, 0.3) is 5.91 Å². The lowest BCUT2D eigenvalue weighted by Crippen LogP contribution is -2.27. The Balaban J connectivity index is 2.99. The maximum absolute atomic E-state index is 10.9. The molecule has 0 fully saturated rings. The Hall–Kier alpha value is -2.01. The lowest BCUT2D eigenvalue weighted by molar-refractivity contribution is -0.116. The molecule has 3 N–H and O–H groups in total. The highest BCUT2D eigenvalue weighted by atomic mass is 16.5. The van der Waals surface area contributed by atoms with E-state index in [2.05, 4.69) is 0 Å². The van der Waals surface area contributed by atoms with Crippen molar-refractivity contribution >= 4 is 12.0 Å². The van der Waals surface area contributed by atoms with Gasteiger partial charge in [-0.25, -0.2) is 5.84 Å². The molecule has 5 nitrogen and oxygen atoms in total. The zero-order chi connectivity index (χ0) is 12.0. The zero-order valence-corrected chi connectivity index (χ0v) is 9.19. The van der Waals surface area contributed by atoms with Gasteiger partial charge in [0.05, 0.1) is 14.2 Å². The summed E-state index contributed by atoms with van der Waals surface area (Å²) in [5.74, 6) is 5.91. The molecular formula is C11H14N2O3. The summed E-state index contributed by atoms with van der Waals surface area (Å²) in [4.78, 5) is 10.9. The lowest BCUT2D eigenvalue weighted by Gasteiger charge is -2.06. The maximum Gasteiger partial charge on any atom is 0.257 e. The summed E-state index contributed by atoms with van der Waals surface area (Å²) in [7, 11) is 3.13. The molecule has 1 rings (SSSR count). The van der Waals surface area contributed by atoms with Crippen LogP contribution in [0.4, 0.5) is 0 Å². The Morgan fingerprint density at radius 2 is 2.12 bits per heavy atom. The molecule has 1 aromatic rings. The standard InChI is InChI=1S/C11H14N2O3/c1-15-9-4-5-10(16-2)8(7-9)3-6-11(14)13-12/h3-7H,12H2,1-2H3,(H,13,14). The molecule has 0 atom stereocenters. The summed E-state index contributed by atoms with van der Waals surface area (Å²) in [5, 5.41) is 0. The third kappa shape index (κ3) is 2.99. The molecule has 0 aromatic heterocycles. The fourth-order valence-electron chi connectivity index (χ4n) is 1.18. The Bertz CT molecular complexity index is 402. The van der Waals surface area contributed by atoms with E-state index < -0.39 is 0 Å². The molecule has 16 heavy (non-hydrogen) atoms. The number of carbonyl (C=O) groups excluding carboxylic acids is 1. The number of rotatable bonds is 4. The zero-order valence-electron chi connectivity index (χ0n) is 9.19. The van der Waals surface area contributed by atoms with Crippen LogP contribution in [-0.4, -0.2) is 20.1 Å². The fraction of sp³-hybridized carbons (Fsp3) is 0.182. The van der Waals surface area contributed by atoms with Crippen LogP contribution in [0.5, 0.6) is 11.5 Å². The smallest absolute Gasteiger partial charge is 0.257 e. The van der Waals surface area contributed by atoms with Gasteiger partial charge in [-0.3, -0.25) is 10.2 Å². The molecular weight excluding hydrogens is 208 g/mol. The number of nitrogens with two attached hydrogens (primary N) is 1. The minimum absolute atomic E-state index is 0.384. The van der Waals surface area contributed by atoms with Crippen molar-refractivity contribution < 1.29 is 14.3 Å². The van der Waals surface area contributed by atoms with Gasteiger partial charge in [-0.05, 0) is 24.3 Å². The second-order valence-corrected chi connectivity index (χ2v) is 2.95. The van der Waals surface area contributed by atoms with Gasteiger partial charge in [-0.1, -0.05) is 0 Å². The predicted octanol–water partition coefficient (Wildman–Crippen LogP) is 0.707. The summed E-state index contributed by atoms with van der Waals surface area (Å²) in [6.07, 6.45) is 2.92. The first-order chi connectivity index (χ1) is 7.71. The number of carbonyl (C=O) groups is 1. The molecule has 0 heterocycles. The number of nitrogens with one attached hydrogen (secondary N) is 1. The summed E-state index contributed by atoms with van der Waals surface area (Å²) in [5.41, 5.74) is 2.74. The van der Waals surface area contributed by atoms with E-state index in [-0.39, 0.29) is 5.91 Å². The van der Waals surface area contributed by atoms with Crippen molar-refractivity contribution in [3.05, 3.63) is 29.8 Å². The monoisotopic (exact) mass is 222 g/mol. The second-order valence-electron chi connectivity index (χ2n) is 2.95. The second kappa shape index (κ2) is 5.77. The van der Waals surface area contributed by atoms with Gasteiger partial charge in [0, 0.05) is 11.6 Å². The average Bonchev–Trinajstić information content (AvgIpc) is 2.35. The van der Waals surface area contributed by atoms with E-state index in [0.29, 0.717) is 11.5 Å². The first kappa shape index (κ1) is 12.1. The van der Waals surface area contributed by atoms with Gasteiger partial charge in [0.1, 0.15) is 11.5 Å². The molecule has 0 saturated heterocycles. The average molecular weight is 222 g/mol. The number of hydrogen-bond donors (Lipinski definition) is 2. The fourth-order valence-corrected chi connectivity index (χ4v) is 1.18. The Morgan fingerprint density at radius 1 is 1.38 bits per heavy atom. The molecule has 1 aromatic carbocycles. The molecule has 5 heteroatoms. The maximum atomic E-state index is 10.9. The summed E-state index contributed by atoms with van der Waals surface area (Å²) < 4.78 is 10.2. The minimum Gasteiger partial charge on any atom is -0.497 e. The third-order valence-corrected chi connectivity index (χ3v) is 1.99. The SMILES string of the molecule is COc1ccc(OC)c(C=CC(=O)NN)c1. The number of methoxy groups -OCH3 is 2. The first-order valence-electron chi connectivity index (χ1n) is 4.62. The molecule has 0 aliphatic heterocycles. The van der Waals surface area contributed by atoms with E-state index in [1.807, 2.05) is 5.43 Å². The number of hydrazine groups is 1. The highest BCUT2D eigenvalue weighted by molar-refractivity contribution is 5.91. The van der Waals surface area contributed by atoms with Gasteiger partial charge < -0.3 is 9.47 Å². The highest BCUT2D eigenvalue weighted by Gasteiger charge is 2.02. The molecule has 0 radical (unpaired) electrons. The van der Waals surface area contributed by atoms with Crippen molar-refractivity contribution in [2.75, 3.05) is 14.2 Å². The quantitative estimate of drug-likeness (QED) is 0.340. The van der Waals surface area contributed by atoms with Crippen LogP contribution in [-0.2, 0) is 4.79 Å². The van der Waals surface area contributed by atoms with Crippen molar-refractivity contribution in [3.63, 3.8) is 0 Å². The van der Waals surface area contributed by atoms with Gasteiger partial charge in [-0.2, -0.15) is 0 Å². The van der Waals surface area contributed by atoms with E-state index in [0.717, 1.165) is 5.56 Å². The summed E-state index contributed by atoms with van der Waals surface area (Å²) >= 11 is 0. The number of ether oxygens (including phenoxy) is 2. The van der Waals surface area contributed by atoms with E-state index in [1.54, 1.807) is 38.5 Å². The van der Waals surface area contributed by atoms with Gasteiger partial charge in [0.2, 0.25) is 0 Å². The summed E-state index contributed by atoms with van der Waals surface area (Å²) in [6.45, 7) is 0. The molecule has 1 amide bonds. The first-order valence-corrected chi connectivity index (χ1v) is 4.62. The van der Waals surface area contributed by atoms with Crippen LogP contribution in [0.3, 0.4) is 0 Å². The minimum atomic E-state index is -0.384. The Morgan fingerprint density at radius 3 is 2.69 bits per heavy atom. The van der Waals surface area contributed by atoms with E-state index in [1.165, 1.54) is 6.08 Å². The van der Waals surface area contributed by atoms with Crippen molar-refractivity contribution in [1.82, 2.24) is 5.43 Å². The summed E-state index contributed by atoms with van der Waals surface area (Å²) in [6, 6.07) is 5.30. The van der Waals surface area contributed by atoms with Crippen molar-refractivity contribution in [1.29, 1.82) is 0 Å². The van der Waals surface area contributed by atoms with Crippen LogP contribution >= 0.6 is 0 Å². The molecule has 0 aliphatic carbocycles. The number of hydrogen-bond acceptors (Lipinski definition) is 4. The topological polar surface area (TPSA) is 73.6 Å². The van der Waals surface area contributed by atoms with E-state index >= 15 is 0 Å². The van der Waals surface area contributed by atoms with Crippen molar-refractivity contribution in [2.45, 2.75) is 0 Å². The third-order valence-electron chi connectivity index (χ3n) is 1.99. The number of benzene rings is 1. The lowest BCUT2D eigenvalue weighted by atomic mass is 10.1. The van der Waals surface area contributed by atoms with Crippen LogP contribution in [0.1, 0.15) is 5.56 Å². The van der Waals surface area contributed by atoms with Crippen molar-refractivity contribution in [2.24, 2.45) is 5.84 Å². The van der Waals surface area contributed by atoms with E-state index in [4.69, 9.17) is 15.3 Å². The van der Waals surface area contributed by atoms with Gasteiger partial charge in [-0.15, -0.1) is 0 Å². The van der Waals surface area contributed by atoms with E-state index in [9.17, 15) is 4.79 Å². The molecule has 0 saturated carbocycles. The van der Waals surface area contributed by atoms with Gasteiger partial charge >= 0.3 is 0 Å². The predicted molar refractivity (Wildman–Crippen MR) is 60.9 cm³/mol. The number of amides is 1. The van der Waals surface area contributed by atoms with Crippen LogP contribution < -0.4 is 20.7 Å². The largest absolute Gasteiger partial charge is 0.497 e. The molecule has 86 valence electrons. The van der Waals surface area contributed by atoms with Crippen LogP contribution in [0.2, 0.25) is 0 Å². The normalized spacial score (nSPS) is 10.2. The van der Waals surface area contributed by atoms with Crippen LogP contribution in [0.25, 0.3) is 6.08 Å². The molecule has 0 spiro atoms. The van der Waals surface area contributed by atoms with Gasteiger partial charge in [0.15, 0.2) is 0 Å². The Kier molecular flexibility index (Phi) is 4.35. The van der Waals surface area contributed by atoms with Crippen LogP contribution in [0, 0.1) is 0 Å². The van der Waals surface area contributed by atoms with Crippen molar-refractivity contribution in [3.8, 4) is 11.5 Å². The Labute approximate surface area is 93.8 Å². The molecule has 0 aliphatic rings. The molecule has 0 unspecified atom stereocenters. The highest BCUT2D eigenvalue weighted by Crippen LogP contribution is 2.24.